The van der Waals surface area contributed by atoms with Crippen LogP contribution in [0, 0.1) is 5.41 Å². The quantitative estimate of drug-likeness (QED) is 0.301. The molecule has 0 saturated carbocycles. The summed E-state index contributed by atoms with van der Waals surface area (Å²) in [6.45, 7) is 12.2. The number of piperidine rings is 2. The standard InChI is InChI=1S/C32H41N9O3/c1-6-15-39-30(43)24-21-33-31(35-29(24)41(39)27-9-10-28(42)40(36-27)22(2)3)34-23-7-8-25(26(20-23)44-5)38-18-13-32(14-19-38)11-16-37(4)17-12-32/h6-10,20-22H,1,11-19H2,2-5H3,(H,33,34,35). The molecule has 44 heavy (non-hydrogen) atoms. The number of hydrogen-bond acceptors (Lipinski definition) is 9. The largest absolute Gasteiger partial charge is 0.495 e. The summed E-state index contributed by atoms with van der Waals surface area (Å²) in [4.78, 5) is 39.8. The van der Waals surface area contributed by atoms with Gasteiger partial charge in [-0.2, -0.15) is 4.98 Å². The summed E-state index contributed by atoms with van der Waals surface area (Å²) in [6, 6.07) is 8.92. The monoisotopic (exact) mass is 599 g/mol. The first kappa shape index (κ1) is 29.6. The van der Waals surface area contributed by atoms with E-state index in [1.807, 2.05) is 26.0 Å². The van der Waals surface area contributed by atoms with Crippen LogP contribution in [-0.2, 0) is 6.54 Å². The fraction of sp³-hybridized carbons (Fsp3) is 0.469. The van der Waals surface area contributed by atoms with Crippen molar-refractivity contribution in [1.29, 1.82) is 0 Å². The molecule has 1 aromatic carbocycles. The number of fused-ring (bicyclic) bond motifs is 1. The molecule has 3 aromatic heterocycles. The molecule has 1 N–H and O–H groups in total. The minimum absolute atomic E-state index is 0.158. The predicted octanol–water partition coefficient (Wildman–Crippen LogP) is 3.97. The van der Waals surface area contributed by atoms with E-state index in [0.29, 0.717) is 28.2 Å². The van der Waals surface area contributed by atoms with Crippen LogP contribution in [0.15, 0.2) is 58.8 Å². The molecule has 2 aliphatic heterocycles. The van der Waals surface area contributed by atoms with E-state index in [-0.39, 0.29) is 23.7 Å². The van der Waals surface area contributed by atoms with Gasteiger partial charge in [0.2, 0.25) is 5.95 Å². The number of aromatic nitrogens is 6. The van der Waals surface area contributed by atoms with Crippen LogP contribution < -0.4 is 26.1 Å². The average Bonchev–Trinajstić information content (AvgIpc) is 3.29. The van der Waals surface area contributed by atoms with Crippen LogP contribution >= 0.6 is 0 Å². The second-order valence-corrected chi connectivity index (χ2v) is 12.3. The lowest BCUT2D eigenvalue weighted by molar-refractivity contribution is 0.0944. The molecule has 2 aliphatic rings. The number of anilines is 3. The summed E-state index contributed by atoms with van der Waals surface area (Å²) in [6.07, 6.45) is 8.11. The fourth-order valence-corrected chi connectivity index (χ4v) is 6.47. The molecule has 6 rings (SSSR count). The van der Waals surface area contributed by atoms with Crippen molar-refractivity contribution in [1.82, 2.24) is 34.0 Å². The van der Waals surface area contributed by atoms with Crippen molar-refractivity contribution in [2.24, 2.45) is 5.41 Å². The molecule has 0 aliphatic carbocycles. The summed E-state index contributed by atoms with van der Waals surface area (Å²) in [5, 5.41) is 8.16. The Hall–Kier alpha value is -4.45. The highest BCUT2D eigenvalue weighted by Crippen LogP contribution is 2.43. The number of rotatable bonds is 8. The third kappa shape index (κ3) is 5.49. The van der Waals surface area contributed by atoms with Gasteiger partial charge in [-0.1, -0.05) is 6.08 Å². The zero-order valence-corrected chi connectivity index (χ0v) is 26.0. The normalized spacial score (nSPS) is 17.0. The number of nitrogens with one attached hydrogen (secondary N) is 1. The third-order valence-corrected chi connectivity index (χ3v) is 9.14. The lowest BCUT2D eigenvalue weighted by Gasteiger charge is -2.47. The summed E-state index contributed by atoms with van der Waals surface area (Å²) in [5.74, 6) is 1.49. The first-order chi connectivity index (χ1) is 21.2. The van der Waals surface area contributed by atoms with Gasteiger partial charge in [-0.15, -0.1) is 11.7 Å². The summed E-state index contributed by atoms with van der Waals surface area (Å²) < 4.78 is 10.3. The predicted molar refractivity (Wildman–Crippen MR) is 173 cm³/mol. The number of likely N-dealkylation sites (tertiary alicyclic amines) is 1. The summed E-state index contributed by atoms with van der Waals surface area (Å²) in [7, 11) is 3.91. The van der Waals surface area contributed by atoms with E-state index in [1.165, 1.54) is 60.4 Å². The van der Waals surface area contributed by atoms with E-state index in [1.54, 1.807) is 23.9 Å². The maximum Gasteiger partial charge on any atom is 0.278 e. The van der Waals surface area contributed by atoms with Gasteiger partial charge >= 0.3 is 0 Å². The van der Waals surface area contributed by atoms with Crippen LogP contribution in [0.4, 0.5) is 17.3 Å². The molecule has 0 amide bonds. The molecule has 5 heterocycles. The minimum atomic E-state index is -0.273. The van der Waals surface area contributed by atoms with Gasteiger partial charge in [-0.05, 0) is 83.3 Å². The van der Waals surface area contributed by atoms with Gasteiger partial charge in [-0.25, -0.2) is 19.0 Å². The number of methoxy groups -OCH3 is 1. The highest BCUT2D eigenvalue weighted by molar-refractivity contribution is 5.77. The molecule has 0 atom stereocenters. The van der Waals surface area contributed by atoms with Crippen LogP contribution in [-0.4, -0.2) is 74.3 Å². The van der Waals surface area contributed by atoms with E-state index in [2.05, 4.69) is 44.9 Å². The van der Waals surface area contributed by atoms with Gasteiger partial charge in [0.05, 0.1) is 25.4 Å². The second kappa shape index (κ2) is 11.9. The van der Waals surface area contributed by atoms with Crippen LogP contribution in [0.2, 0.25) is 0 Å². The molecular weight excluding hydrogens is 558 g/mol. The molecule has 2 fully saturated rings. The molecule has 232 valence electrons. The van der Waals surface area contributed by atoms with Crippen molar-refractivity contribution in [3.8, 4) is 11.6 Å². The fourth-order valence-electron chi connectivity index (χ4n) is 6.47. The van der Waals surface area contributed by atoms with Gasteiger partial charge in [0.25, 0.3) is 11.1 Å². The molecule has 1 spiro atoms. The van der Waals surface area contributed by atoms with E-state index in [0.717, 1.165) is 30.2 Å². The van der Waals surface area contributed by atoms with Crippen molar-refractivity contribution in [3.63, 3.8) is 0 Å². The lowest BCUT2D eigenvalue weighted by atomic mass is 9.71. The van der Waals surface area contributed by atoms with Crippen molar-refractivity contribution < 1.29 is 4.74 Å². The Morgan fingerprint density at radius 1 is 1.07 bits per heavy atom. The highest BCUT2D eigenvalue weighted by Gasteiger charge is 2.37. The second-order valence-electron chi connectivity index (χ2n) is 12.3. The van der Waals surface area contributed by atoms with E-state index in [9.17, 15) is 9.59 Å². The van der Waals surface area contributed by atoms with Gasteiger partial charge in [-0.3, -0.25) is 9.59 Å². The molecule has 2 saturated heterocycles. The number of benzene rings is 1. The minimum Gasteiger partial charge on any atom is -0.495 e. The Labute approximate surface area is 256 Å². The van der Waals surface area contributed by atoms with Crippen molar-refractivity contribution in [2.75, 3.05) is 50.6 Å². The molecule has 0 bridgehead atoms. The van der Waals surface area contributed by atoms with Crippen LogP contribution in [0.25, 0.3) is 16.9 Å². The summed E-state index contributed by atoms with van der Waals surface area (Å²) in [5.41, 5.74) is 2.19. The SMILES string of the molecule is C=CCn1c(=O)c2cnc(Nc3ccc(N4CCC5(CCN(C)CC5)CC4)c(OC)c3)nc2n1-c1ccc(=O)n(C(C)C)n1. The Morgan fingerprint density at radius 2 is 1.80 bits per heavy atom. The summed E-state index contributed by atoms with van der Waals surface area (Å²) >= 11 is 0. The topological polar surface area (TPSA) is 115 Å². The van der Waals surface area contributed by atoms with Crippen molar-refractivity contribution >= 4 is 28.4 Å². The molecule has 4 aromatic rings. The maximum absolute atomic E-state index is 13.3. The van der Waals surface area contributed by atoms with E-state index >= 15 is 0 Å². The Balaban J connectivity index is 1.29. The first-order valence-corrected chi connectivity index (χ1v) is 15.3. The van der Waals surface area contributed by atoms with E-state index in [4.69, 9.17) is 9.72 Å². The van der Waals surface area contributed by atoms with Crippen LogP contribution in [0.5, 0.6) is 5.75 Å². The number of hydrogen-bond donors (Lipinski definition) is 1. The number of nitrogens with zero attached hydrogens (tertiary/aromatic N) is 8. The van der Waals surface area contributed by atoms with Gasteiger partial charge in [0, 0.05) is 37.1 Å². The van der Waals surface area contributed by atoms with Crippen LogP contribution in [0.3, 0.4) is 0 Å². The maximum atomic E-state index is 13.3. The zero-order chi connectivity index (χ0) is 31.0. The Bertz CT molecular complexity index is 1790. The van der Waals surface area contributed by atoms with Crippen molar-refractivity contribution in [2.45, 2.75) is 52.1 Å². The average molecular weight is 600 g/mol. The molecule has 0 radical (unpaired) electrons. The Kier molecular flexibility index (Phi) is 8.02. The molecule has 0 unspecified atom stereocenters. The molecule has 12 nitrogen and oxygen atoms in total. The van der Waals surface area contributed by atoms with Gasteiger partial charge in [0.15, 0.2) is 11.5 Å². The number of ether oxygens (including phenoxy) is 1. The van der Waals surface area contributed by atoms with Crippen LogP contribution in [0.1, 0.15) is 45.6 Å². The number of allylic oxidation sites excluding steroid dienone is 1. The highest BCUT2D eigenvalue weighted by atomic mass is 16.5. The van der Waals surface area contributed by atoms with Crippen molar-refractivity contribution in [3.05, 3.63) is 69.9 Å². The first-order valence-electron chi connectivity index (χ1n) is 15.3. The molecule has 12 heteroatoms. The smallest absolute Gasteiger partial charge is 0.278 e. The van der Waals surface area contributed by atoms with Gasteiger partial charge < -0.3 is 19.9 Å². The zero-order valence-electron chi connectivity index (χ0n) is 26.0. The van der Waals surface area contributed by atoms with Gasteiger partial charge in [0.1, 0.15) is 11.1 Å². The Morgan fingerprint density at radius 3 is 2.48 bits per heavy atom. The lowest BCUT2D eigenvalue weighted by Crippen LogP contribution is -2.46. The van der Waals surface area contributed by atoms with E-state index < -0.39 is 0 Å². The third-order valence-electron chi connectivity index (χ3n) is 9.14. The molecular formula is C32H41N9O3.